The highest BCUT2D eigenvalue weighted by Crippen LogP contribution is 2.30. The summed E-state index contributed by atoms with van der Waals surface area (Å²) in [7, 11) is 0. The standard InChI is InChI=1S/C23H22F3N5O2/c1-14-6-3-7-16(20(14)21-27-9-5-10-28-21)22(32)31-11-4-8-17(15(31)2)33-19-13-29-18(12-30-19)23(24,25)26/h3,5-7,9-10,12-13,15,17H,4,8,11H2,1-2H3. The number of piperidine rings is 1. The molecule has 0 saturated carbocycles. The van der Waals surface area contributed by atoms with E-state index >= 15 is 0 Å². The Labute approximate surface area is 188 Å². The highest BCUT2D eigenvalue weighted by molar-refractivity contribution is 6.01. The first-order valence-corrected chi connectivity index (χ1v) is 10.5. The van der Waals surface area contributed by atoms with Crippen LogP contribution in [0.4, 0.5) is 13.2 Å². The predicted octanol–water partition coefficient (Wildman–Crippen LogP) is 4.33. The van der Waals surface area contributed by atoms with E-state index < -0.39 is 18.0 Å². The van der Waals surface area contributed by atoms with Crippen LogP contribution in [0.25, 0.3) is 11.4 Å². The van der Waals surface area contributed by atoms with E-state index in [1.54, 1.807) is 29.4 Å². The normalized spacial score (nSPS) is 18.8. The highest BCUT2D eigenvalue weighted by atomic mass is 19.4. The first kappa shape index (κ1) is 22.6. The van der Waals surface area contributed by atoms with E-state index in [0.717, 1.165) is 11.8 Å². The zero-order valence-electron chi connectivity index (χ0n) is 18.1. The van der Waals surface area contributed by atoms with Crippen molar-refractivity contribution in [2.24, 2.45) is 0 Å². The van der Waals surface area contributed by atoms with E-state index in [2.05, 4.69) is 19.9 Å². The van der Waals surface area contributed by atoms with Gasteiger partial charge in [-0.25, -0.2) is 19.9 Å². The number of benzene rings is 1. The number of aryl methyl sites for hydroxylation is 1. The number of hydrogen-bond acceptors (Lipinski definition) is 6. The summed E-state index contributed by atoms with van der Waals surface area (Å²) in [6.07, 6.45) is 1.17. The fourth-order valence-electron chi connectivity index (χ4n) is 3.96. The lowest BCUT2D eigenvalue weighted by Crippen LogP contribution is -2.51. The van der Waals surface area contributed by atoms with Crippen molar-refractivity contribution in [2.75, 3.05) is 6.54 Å². The van der Waals surface area contributed by atoms with Crippen molar-refractivity contribution in [3.05, 3.63) is 65.9 Å². The maximum Gasteiger partial charge on any atom is 0.434 e. The number of aromatic nitrogens is 4. The fraction of sp³-hybridized carbons (Fsp3) is 0.348. The van der Waals surface area contributed by atoms with Crippen LogP contribution in [0.5, 0.6) is 5.88 Å². The third-order valence-corrected chi connectivity index (χ3v) is 5.66. The van der Waals surface area contributed by atoms with Crippen LogP contribution >= 0.6 is 0 Å². The van der Waals surface area contributed by atoms with Crippen LogP contribution in [0, 0.1) is 6.92 Å². The van der Waals surface area contributed by atoms with E-state index in [1.807, 2.05) is 26.0 Å². The molecule has 3 heterocycles. The van der Waals surface area contributed by atoms with E-state index in [9.17, 15) is 18.0 Å². The summed E-state index contributed by atoms with van der Waals surface area (Å²) < 4.78 is 44.0. The van der Waals surface area contributed by atoms with Crippen molar-refractivity contribution in [2.45, 2.75) is 45.0 Å². The Hall–Kier alpha value is -3.56. The second-order valence-electron chi connectivity index (χ2n) is 7.85. The number of halogens is 3. The zero-order valence-corrected chi connectivity index (χ0v) is 18.1. The van der Waals surface area contributed by atoms with Crippen molar-refractivity contribution in [3.8, 4) is 17.3 Å². The van der Waals surface area contributed by atoms with Crippen LogP contribution in [0.15, 0.2) is 49.1 Å². The van der Waals surface area contributed by atoms with E-state index in [-0.39, 0.29) is 17.8 Å². The molecular formula is C23H22F3N5O2. The average Bonchev–Trinajstić information content (AvgIpc) is 2.80. The van der Waals surface area contributed by atoms with Gasteiger partial charge in [-0.15, -0.1) is 0 Å². The molecule has 1 aromatic carbocycles. The third-order valence-electron chi connectivity index (χ3n) is 5.66. The van der Waals surface area contributed by atoms with Crippen LogP contribution in [-0.2, 0) is 6.18 Å². The molecule has 2 atom stereocenters. The number of carbonyl (C=O) groups is 1. The molecule has 7 nitrogen and oxygen atoms in total. The SMILES string of the molecule is Cc1cccc(C(=O)N2CCCC(Oc3cnc(C(F)(F)F)cn3)C2C)c1-c1ncccn1. The van der Waals surface area contributed by atoms with Crippen molar-refractivity contribution >= 4 is 5.91 Å². The van der Waals surface area contributed by atoms with Gasteiger partial charge in [0.15, 0.2) is 11.5 Å². The monoisotopic (exact) mass is 457 g/mol. The minimum absolute atomic E-state index is 0.0110. The highest BCUT2D eigenvalue weighted by Gasteiger charge is 2.36. The number of ether oxygens (including phenoxy) is 1. The Morgan fingerprint density at radius 2 is 1.85 bits per heavy atom. The Bertz CT molecular complexity index is 1120. The average molecular weight is 457 g/mol. The van der Waals surface area contributed by atoms with Crippen LogP contribution < -0.4 is 4.74 Å². The van der Waals surface area contributed by atoms with Gasteiger partial charge in [-0.1, -0.05) is 12.1 Å². The quantitative estimate of drug-likeness (QED) is 0.580. The second-order valence-corrected chi connectivity index (χ2v) is 7.85. The van der Waals surface area contributed by atoms with Crippen molar-refractivity contribution in [1.82, 2.24) is 24.8 Å². The number of amides is 1. The molecule has 0 bridgehead atoms. The van der Waals surface area contributed by atoms with Crippen LogP contribution in [0.2, 0.25) is 0 Å². The van der Waals surface area contributed by atoms with Crippen LogP contribution in [0.3, 0.4) is 0 Å². The lowest BCUT2D eigenvalue weighted by molar-refractivity contribution is -0.141. The fourth-order valence-corrected chi connectivity index (χ4v) is 3.96. The molecular weight excluding hydrogens is 435 g/mol. The topological polar surface area (TPSA) is 81.1 Å². The minimum Gasteiger partial charge on any atom is -0.471 e. The number of rotatable bonds is 4. The second kappa shape index (κ2) is 9.13. The summed E-state index contributed by atoms with van der Waals surface area (Å²) in [4.78, 5) is 31.0. The molecule has 10 heteroatoms. The van der Waals surface area contributed by atoms with Gasteiger partial charge in [-0.3, -0.25) is 4.79 Å². The number of alkyl halides is 3. The van der Waals surface area contributed by atoms with Gasteiger partial charge in [-0.05, 0) is 44.4 Å². The van der Waals surface area contributed by atoms with E-state index in [1.165, 1.54) is 0 Å². The van der Waals surface area contributed by atoms with Gasteiger partial charge in [0.2, 0.25) is 5.88 Å². The molecule has 1 saturated heterocycles. The third kappa shape index (κ3) is 4.79. The number of nitrogens with zero attached hydrogens (tertiary/aromatic N) is 5. The first-order chi connectivity index (χ1) is 15.8. The van der Waals surface area contributed by atoms with Gasteiger partial charge in [0.05, 0.1) is 24.0 Å². The Balaban J connectivity index is 1.56. The van der Waals surface area contributed by atoms with Crippen LogP contribution in [0.1, 0.15) is 41.4 Å². The summed E-state index contributed by atoms with van der Waals surface area (Å²) in [6.45, 7) is 4.28. The lowest BCUT2D eigenvalue weighted by Gasteiger charge is -2.39. The maximum atomic E-state index is 13.6. The Morgan fingerprint density at radius 1 is 1.09 bits per heavy atom. The summed E-state index contributed by atoms with van der Waals surface area (Å²) in [6, 6.07) is 6.84. The molecule has 4 rings (SSSR count). The van der Waals surface area contributed by atoms with Gasteiger partial charge >= 0.3 is 6.18 Å². The summed E-state index contributed by atoms with van der Waals surface area (Å²) in [5.41, 5.74) is 0.956. The molecule has 1 aliphatic heterocycles. The molecule has 2 unspecified atom stereocenters. The van der Waals surface area contributed by atoms with Gasteiger partial charge in [0.1, 0.15) is 6.10 Å². The number of hydrogen-bond donors (Lipinski definition) is 0. The van der Waals surface area contributed by atoms with Gasteiger partial charge in [0, 0.05) is 24.5 Å². The molecule has 0 aliphatic carbocycles. The molecule has 0 N–H and O–H groups in total. The lowest BCUT2D eigenvalue weighted by atomic mass is 9.95. The Morgan fingerprint density at radius 3 is 2.52 bits per heavy atom. The molecule has 172 valence electrons. The van der Waals surface area contributed by atoms with Gasteiger partial charge in [-0.2, -0.15) is 13.2 Å². The van der Waals surface area contributed by atoms with Crippen molar-refractivity contribution in [1.29, 1.82) is 0 Å². The molecule has 3 aromatic rings. The number of carbonyl (C=O) groups excluding carboxylic acids is 1. The molecule has 33 heavy (non-hydrogen) atoms. The van der Waals surface area contributed by atoms with Crippen LogP contribution in [-0.4, -0.2) is 49.4 Å². The minimum atomic E-state index is -4.57. The van der Waals surface area contributed by atoms with E-state index in [4.69, 9.17) is 4.74 Å². The van der Waals surface area contributed by atoms with Gasteiger partial charge < -0.3 is 9.64 Å². The Kier molecular flexibility index (Phi) is 6.26. The van der Waals surface area contributed by atoms with Crippen molar-refractivity contribution in [3.63, 3.8) is 0 Å². The summed E-state index contributed by atoms with van der Waals surface area (Å²) in [5.74, 6) is 0.278. The molecule has 1 fully saturated rings. The number of likely N-dealkylation sites (tertiary alicyclic amines) is 1. The zero-order chi connectivity index (χ0) is 23.6. The molecule has 1 amide bonds. The molecule has 0 radical (unpaired) electrons. The van der Waals surface area contributed by atoms with E-state index in [0.29, 0.717) is 42.5 Å². The van der Waals surface area contributed by atoms with Gasteiger partial charge in [0.25, 0.3) is 5.91 Å². The molecule has 0 spiro atoms. The molecule has 1 aliphatic rings. The van der Waals surface area contributed by atoms with Crippen molar-refractivity contribution < 1.29 is 22.7 Å². The first-order valence-electron chi connectivity index (χ1n) is 10.5. The maximum absolute atomic E-state index is 13.6. The molecule has 2 aromatic heterocycles. The summed E-state index contributed by atoms with van der Waals surface area (Å²) in [5, 5.41) is 0. The summed E-state index contributed by atoms with van der Waals surface area (Å²) >= 11 is 0. The smallest absolute Gasteiger partial charge is 0.434 e. The predicted molar refractivity (Wildman–Crippen MR) is 113 cm³/mol. The largest absolute Gasteiger partial charge is 0.471 e.